The molecule has 0 radical (unpaired) electrons. The van der Waals surface area contributed by atoms with Crippen molar-refractivity contribution in [3.63, 3.8) is 0 Å². The summed E-state index contributed by atoms with van der Waals surface area (Å²) >= 11 is 0. The van der Waals surface area contributed by atoms with Crippen LogP contribution < -0.4 is 10.6 Å². The molecular weight excluding hydrogens is 323 g/mol. The first-order valence-electron chi connectivity index (χ1n) is 7.95. The van der Waals surface area contributed by atoms with Gasteiger partial charge in [0.25, 0.3) is 5.91 Å². The van der Waals surface area contributed by atoms with E-state index in [0.29, 0.717) is 34.9 Å². The largest absolute Gasteiger partial charge is 0.506 e. The molecule has 0 saturated carbocycles. The summed E-state index contributed by atoms with van der Waals surface area (Å²) in [4.78, 5) is 23.5. The van der Waals surface area contributed by atoms with Crippen molar-refractivity contribution in [1.82, 2.24) is 10.6 Å². The molecule has 0 aliphatic carbocycles. The lowest BCUT2D eigenvalue weighted by molar-refractivity contribution is -0.117. The molecule has 2 aromatic carbocycles. The summed E-state index contributed by atoms with van der Waals surface area (Å²) in [5.41, 5.74) is 0.989. The van der Waals surface area contributed by atoms with E-state index in [2.05, 4.69) is 17.2 Å². The van der Waals surface area contributed by atoms with Crippen molar-refractivity contribution in [3.8, 4) is 5.75 Å². The third-order valence-corrected chi connectivity index (χ3v) is 3.85. The minimum Gasteiger partial charge on any atom is -0.506 e. The van der Waals surface area contributed by atoms with Gasteiger partial charge < -0.3 is 15.7 Å². The molecule has 0 fully saturated rings. The molecule has 3 N–H and O–H groups in total. The fraction of sp³-hybridized carbons (Fsp3) is 0.263. The molecule has 0 bridgehead atoms. The minimum absolute atomic E-state index is 0.110. The van der Waals surface area contributed by atoms with Crippen LogP contribution in [0.15, 0.2) is 36.4 Å². The van der Waals surface area contributed by atoms with Crippen molar-refractivity contribution < 1.29 is 19.1 Å². The first-order valence-corrected chi connectivity index (χ1v) is 7.95. The fourth-order valence-corrected chi connectivity index (χ4v) is 2.51. The number of benzene rings is 2. The SMILES string of the molecule is C=C(C)C(=O)NCCCNC(=O)c1cc(F)c2c(C)cccc2c1O. The number of hydrogen-bond donors (Lipinski definition) is 3. The normalized spacial score (nSPS) is 10.5. The Morgan fingerprint density at radius 1 is 1.24 bits per heavy atom. The summed E-state index contributed by atoms with van der Waals surface area (Å²) in [7, 11) is 0. The van der Waals surface area contributed by atoms with Crippen LogP contribution in [0, 0.1) is 12.7 Å². The number of aromatic hydroxyl groups is 1. The Morgan fingerprint density at radius 3 is 2.60 bits per heavy atom. The molecule has 25 heavy (non-hydrogen) atoms. The van der Waals surface area contributed by atoms with Gasteiger partial charge in [0.2, 0.25) is 5.91 Å². The molecular formula is C19H21FN2O3. The van der Waals surface area contributed by atoms with Crippen LogP contribution in [0.25, 0.3) is 10.8 Å². The Labute approximate surface area is 145 Å². The Balaban J connectivity index is 2.04. The predicted octanol–water partition coefficient (Wildman–Crippen LogP) is 2.81. The molecule has 2 aromatic rings. The van der Waals surface area contributed by atoms with Gasteiger partial charge in [-0.05, 0) is 31.9 Å². The van der Waals surface area contributed by atoms with Gasteiger partial charge in [-0.1, -0.05) is 24.8 Å². The monoisotopic (exact) mass is 344 g/mol. The lowest BCUT2D eigenvalue weighted by Gasteiger charge is -2.11. The molecule has 0 heterocycles. The molecule has 132 valence electrons. The minimum atomic E-state index is -0.564. The highest BCUT2D eigenvalue weighted by atomic mass is 19.1. The number of aryl methyl sites for hydroxylation is 1. The molecule has 0 atom stereocenters. The first kappa shape index (κ1) is 18.4. The number of carbonyl (C=O) groups excluding carboxylic acids is 2. The molecule has 5 nitrogen and oxygen atoms in total. The molecule has 2 rings (SSSR count). The highest BCUT2D eigenvalue weighted by Crippen LogP contribution is 2.32. The van der Waals surface area contributed by atoms with E-state index in [-0.39, 0.29) is 23.8 Å². The van der Waals surface area contributed by atoms with Crippen LogP contribution in [0.1, 0.15) is 29.3 Å². The summed E-state index contributed by atoms with van der Waals surface area (Å²) in [5, 5.41) is 16.2. The molecule has 2 amide bonds. The molecule has 0 aliphatic heterocycles. The van der Waals surface area contributed by atoms with Crippen molar-refractivity contribution in [2.75, 3.05) is 13.1 Å². The van der Waals surface area contributed by atoms with Gasteiger partial charge >= 0.3 is 0 Å². The van der Waals surface area contributed by atoms with E-state index in [1.165, 1.54) is 0 Å². The van der Waals surface area contributed by atoms with Crippen molar-refractivity contribution in [1.29, 1.82) is 0 Å². The van der Waals surface area contributed by atoms with Crippen LogP contribution in [-0.2, 0) is 4.79 Å². The lowest BCUT2D eigenvalue weighted by Crippen LogP contribution is -2.30. The van der Waals surface area contributed by atoms with E-state index in [4.69, 9.17) is 0 Å². The van der Waals surface area contributed by atoms with Gasteiger partial charge in [0, 0.05) is 29.4 Å². The number of carbonyl (C=O) groups is 2. The fourth-order valence-electron chi connectivity index (χ4n) is 2.51. The van der Waals surface area contributed by atoms with E-state index in [9.17, 15) is 19.1 Å². The van der Waals surface area contributed by atoms with E-state index >= 15 is 0 Å². The smallest absolute Gasteiger partial charge is 0.255 e. The van der Waals surface area contributed by atoms with Crippen LogP contribution in [0.2, 0.25) is 0 Å². The highest BCUT2D eigenvalue weighted by molar-refractivity contribution is 6.04. The standard InChI is InChI=1S/C19H21FN2O3/c1-11(2)18(24)21-8-5-9-22-19(25)14-10-15(20)16-12(3)6-4-7-13(16)17(14)23/h4,6-7,10,23H,1,5,8-9H2,2-3H3,(H,21,24)(H,22,25). The van der Waals surface area contributed by atoms with Gasteiger partial charge in [0.15, 0.2) is 0 Å². The number of amides is 2. The van der Waals surface area contributed by atoms with Crippen LogP contribution in [0.4, 0.5) is 4.39 Å². The number of phenols is 1. The average molecular weight is 344 g/mol. The van der Waals surface area contributed by atoms with Gasteiger partial charge in [-0.25, -0.2) is 4.39 Å². The zero-order valence-corrected chi connectivity index (χ0v) is 14.3. The Bertz CT molecular complexity index is 846. The zero-order chi connectivity index (χ0) is 18.6. The quantitative estimate of drug-likeness (QED) is 0.557. The summed E-state index contributed by atoms with van der Waals surface area (Å²) < 4.78 is 14.3. The van der Waals surface area contributed by atoms with E-state index in [0.717, 1.165) is 6.07 Å². The third kappa shape index (κ3) is 4.15. The molecule has 0 aliphatic rings. The van der Waals surface area contributed by atoms with E-state index in [1.807, 2.05) is 0 Å². The predicted molar refractivity (Wildman–Crippen MR) is 95.1 cm³/mol. The number of rotatable bonds is 6. The molecule has 6 heteroatoms. The van der Waals surface area contributed by atoms with Crippen molar-refractivity contribution >= 4 is 22.6 Å². The Kier molecular flexibility index (Phi) is 5.75. The topological polar surface area (TPSA) is 78.4 Å². The molecule has 0 aromatic heterocycles. The van der Waals surface area contributed by atoms with Crippen LogP contribution in [-0.4, -0.2) is 30.0 Å². The number of halogens is 1. The van der Waals surface area contributed by atoms with Crippen molar-refractivity contribution in [2.24, 2.45) is 0 Å². The van der Waals surface area contributed by atoms with Gasteiger partial charge in [-0.3, -0.25) is 9.59 Å². The summed E-state index contributed by atoms with van der Waals surface area (Å²) in [5.74, 6) is -1.60. The van der Waals surface area contributed by atoms with E-state index in [1.54, 1.807) is 32.0 Å². The van der Waals surface area contributed by atoms with Crippen LogP contribution in [0.3, 0.4) is 0 Å². The Morgan fingerprint density at radius 2 is 1.92 bits per heavy atom. The summed E-state index contributed by atoms with van der Waals surface area (Å²) in [6.07, 6.45) is 0.501. The molecule has 0 saturated heterocycles. The summed E-state index contributed by atoms with van der Waals surface area (Å²) in [6, 6.07) is 6.06. The molecule has 0 unspecified atom stereocenters. The summed E-state index contributed by atoms with van der Waals surface area (Å²) in [6.45, 7) is 7.53. The van der Waals surface area contributed by atoms with Gasteiger partial charge in [-0.15, -0.1) is 0 Å². The first-order chi connectivity index (χ1) is 11.8. The van der Waals surface area contributed by atoms with Crippen LogP contribution in [0.5, 0.6) is 5.75 Å². The average Bonchev–Trinajstić information content (AvgIpc) is 2.57. The Hall–Kier alpha value is -2.89. The third-order valence-electron chi connectivity index (χ3n) is 3.85. The van der Waals surface area contributed by atoms with E-state index < -0.39 is 11.7 Å². The maximum absolute atomic E-state index is 14.3. The van der Waals surface area contributed by atoms with Gasteiger partial charge in [0.1, 0.15) is 11.6 Å². The highest BCUT2D eigenvalue weighted by Gasteiger charge is 2.18. The lowest BCUT2D eigenvalue weighted by atomic mass is 10.0. The maximum Gasteiger partial charge on any atom is 0.255 e. The van der Waals surface area contributed by atoms with Gasteiger partial charge in [0.05, 0.1) is 5.56 Å². The number of hydrogen-bond acceptors (Lipinski definition) is 3. The number of nitrogens with one attached hydrogen (secondary N) is 2. The zero-order valence-electron chi connectivity index (χ0n) is 14.3. The molecule has 0 spiro atoms. The van der Waals surface area contributed by atoms with Gasteiger partial charge in [-0.2, -0.15) is 0 Å². The maximum atomic E-state index is 14.3. The van der Waals surface area contributed by atoms with Crippen molar-refractivity contribution in [3.05, 3.63) is 53.4 Å². The number of fused-ring (bicyclic) bond motifs is 1. The second-order valence-electron chi connectivity index (χ2n) is 5.90. The van der Waals surface area contributed by atoms with Crippen molar-refractivity contribution in [2.45, 2.75) is 20.3 Å². The second kappa shape index (κ2) is 7.79. The second-order valence-corrected chi connectivity index (χ2v) is 5.90. The number of phenolic OH excluding ortho intramolecular Hbond substituents is 1. The van der Waals surface area contributed by atoms with Crippen LogP contribution >= 0.6 is 0 Å².